The summed E-state index contributed by atoms with van der Waals surface area (Å²) in [6, 6.07) is 0. The van der Waals surface area contributed by atoms with Crippen molar-refractivity contribution in [1.82, 2.24) is 4.31 Å². The standard InChI is InChI=1S/C11H18ClNO2S2/c1-4-6-13(5-2)17(14,15)11-9(3)8-16-10(11)7-12/h8H,4-7H2,1-3H3. The average molecular weight is 296 g/mol. The Labute approximate surface area is 112 Å². The maximum absolute atomic E-state index is 12.5. The summed E-state index contributed by atoms with van der Waals surface area (Å²) in [5.74, 6) is 0.247. The van der Waals surface area contributed by atoms with Crippen LogP contribution >= 0.6 is 22.9 Å². The van der Waals surface area contributed by atoms with Crippen LogP contribution in [0.5, 0.6) is 0 Å². The first-order valence-electron chi connectivity index (χ1n) is 5.62. The normalized spacial score (nSPS) is 12.3. The van der Waals surface area contributed by atoms with Crippen LogP contribution in [-0.2, 0) is 15.9 Å². The first-order chi connectivity index (χ1) is 7.98. The third-order valence-electron chi connectivity index (χ3n) is 2.53. The van der Waals surface area contributed by atoms with Gasteiger partial charge in [-0.25, -0.2) is 8.42 Å². The van der Waals surface area contributed by atoms with Crippen LogP contribution in [0, 0.1) is 6.92 Å². The summed E-state index contributed by atoms with van der Waals surface area (Å²) in [6.45, 7) is 6.69. The number of nitrogens with zero attached hydrogens (tertiary/aromatic N) is 1. The van der Waals surface area contributed by atoms with Gasteiger partial charge in [-0.2, -0.15) is 4.31 Å². The molecule has 0 spiro atoms. The minimum atomic E-state index is -3.38. The lowest BCUT2D eigenvalue weighted by atomic mass is 10.3. The summed E-state index contributed by atoms with van der Waals surface area (Å²) < 4.78 is 26.5. The SMILES string of the molecule is CCCN(CC)S(=O)(=O)c1c(C)csc1CCl. The Morgan fingerprint density at radius 2 is 2.06 bits per heavy atom. The lowest BCUT2D eigenvalue weighted by molar-refractivity contribution is 0.426. The number of sulfonamides is 1. The van der Waals surface area contributed by atoms with Gasteiger partial charge in [0.15, 0.2) is 0 Å². The van der Waals surface area contributed by atoms with Gasteiger partial charge < -0.3 is 0 Å². The van der Waals surface area contributed by atoms with E-state index in [2.05, 4.69) is 0 Å². The van der Waals surface area contributed by atoms with Gasteiger partial charge in [0.1, 0.15) is 4.90 Å². The lowest BCUT2D eigenvalue weighted by Gasteiger charge is -2.20. The molecule has 0 amide bonds. The van der Waals surface area contributed by atoms with Crippen LogP contribution in [0.25, 0.3) is 0 Å². The summed E-state index contributed by atoms with van der Waals surface area (Å²) >= 11 is 7.22. The molecule has 0 unspecified atom stereocenters. The Kier molecular flexibility index (Phi) is 5.44. The number of aryl methyl sites for hydroxylation is 1. The molecule has 98 valence electrons. The lowest BCUT2D eigenvalue weighted by Crippen LogP contribution is -2.32. The first-order valence-corrected chi connectivity index (χ1v) is 8.47. The molecule has 6 heteroatoms. The Balaban J connectivity index is 3.24. The molecule has 17 heavy (non-hydrogen) atoms. The van der Waals surface area contributed by atoms with Gasteiger partial charge in [-0.1, -0.05) is 13.8 Å². The molecule has 3 nitrogen and oxygen atoms in total. The minimum Gasteiger partial charge on any atom is -0.207 e. The highest BCUT2D eigenvalue weighted by Gasteiger charge is 2.27. The molecule has 1 aromatic heterocycles. The van der Waals surface area contributed by atoms with E-state index in [9.17, 15) is 8.42 Å². The second-order valence-electron chi connectivity index (χ2n) is 3.80. The van der Waals surface area contributed by atoms with Crippen LogP contribution < -0.4 is 0 Å². The molecule has 0 bridgehead atoms. The van der Waals surface area contributed by atoms with Crippen LogP contribution in [0.1, 0.15) is 30.7 Å². The summed E-state index contributed by atoms with van der Waals surface area (Å²) in [7, 11) is -3.38. The molecule has 0 saturated heterocycles. The van der Waals surface area contributed by atoms with Gasteiger partial charge in [-0.05, 0) is 24.3 Å². The van der Waals surface area contributed by atoms with Crippen molar-refractivity contribution in [2.75, 3.05) is 13.1 Å². The van der Waals surface area contributed by atoms with Crippen LogP contribution in [0.3, 0.4) is 0 Å². The summed E-state index contributed by atoms with van der Waals surface area (Å²) in [4.78, 5) is 1.14. The topological polar surface area (TPSA) is 37.4 Å². The van der Waals surface area contributed by atoms with Gasteiger partial charge in [-0.15, -0.1) is 22.9 Å². The molecule has 1 rings (SSSR count). The average Bonchev–Trinajstić information content (AvgIpc) is 2.67. The van der Waals surface area contributed by atoms with Crippen molar-refractivity contribution in [2.45, 2.75) is 38.0 Å². The molecule has 0 aliphatic heterocycles. The Morgan fingerprint density at radius 3 is 2.53 bits per heavy atom. The summed E-state index contributed by atoms with van der Waals surface area (Å²) in [5.41, 5.74) is 0.792. The predicted octanol–water partition coefficient (Wildman–Crippen LogP) is 3.22. The van der Waals surface area contributed by atoms with Crippen molar-refractivity contribution in [3.05, 3.63) is 15.8 Å². The molecular weight excluding hydrogens is 278 g/mol. The molecule has 0 aliphatic rings. The molecule has 0 fully saturated rings. The molecule has 0 N–H and O–H groups in total. The second kappa shape index (κ2) is 6.18. The Hall–Kier alpha value is -0.100. The van der Waals surface area contributed by atoms with E-state index in [1.807, 2.05) is 26.2 Å². The van der Waals surface area contributed by atoms with Crippen molar-refractivity contribution < 1.29 is 8.42 Å². The smallest absolute Gasteiger partial charge is 0.207 e. The highest BCUT2D eigenvalue weighted by atomic mass is 35.5. The van der Waals surface area contributed by atoms with E-state index >= 15 is 0 Å². The number of hydrogen-bond donors (Lipinski definition) is 0. The number of alkyl halides is 1. The molecule has 0 radical (unpaired) electrons. The van der Waals surface area contributed by atoms with Gasteiger partial charge in [0.05, 0.1) is 5.88 Å². The maximum Gasteiger partial charge on any atom is 0.244 e. The summed E-state index contributed by atoms with van der Waals surface area (Å²) in [5, 5.41) is 1.85. The van der Waals surface area contributed by atoms with Crippen molar-refractivity contribution in [3.8, 4) is 0 Å². The largest absolute Gasteiger partial charge is 0.244 e. The zero-order valence-corrected chi connectivity index (χ0v) is 12.8. The molecule has 0 aromatic carbocycles. The van der Waals surface area contributed by atoms with Gasteiger partial charge in [0.2, 0.25) is 10.0 Å². The van der Waals surface area contributed by atoms with E-state index in [1.165, 1.54) is 15.6 Å². The fourth-order valence-electron chi connectivity index (χ4n) is 1.75. The van der Waals surface area contributed by atoms with Crippen molar-refractivity contribution in [1.29, 1.82) is 0 Å². The highest BCUT2D eigenvalue weighted by molar-refractivity contribution is 7.89. The fourth-order valence-corrected chi connectivity index (χ4v) is 5.30. The van der Waals surface area contributed by atoms with Crippen LogP contribution in [0.2, 0.25) is 0 Å². The van der Waals surface area contributed by atoms with Crippen LogP contribution in [-0.4, -0.2) is 25.8 Å². The Morgan fingerprint density at radius 1 is 1.41 bits per heavy atom. The predicted molar refractivity (Wildman–Crippen MR) is 73.3 cm³/mol. The number of hydrogen-bond acceptors (Lipinski definition) is 3. The zero-order valence-electron chi connectivity index (χ0n) is 10.4. The number of halogens is 1. The van der Waals surface area contributed by atoms with Gasteiger partial charge in [0.25, 0.3) is 0 Å². The molecular formula is C11H18ClNO2S2. The number of thiophene rings is 1. The molecule has 1 heterocycles. The van der Waals surface area contributed by atoms with Crippen molar-refractivity contribution in [2.24, 2.45) is 0 Å². The van der Waals surface area contributed by atoms with E-state index in [-0.39, 0.29) is 5.88 Å². The van der Waals surface area contributed by atoms with E-state index in [4.69, 9.17) is 11.6 Å². The minimum absolute atomic E-state index is 0.247. The quantitative estimate of drug-likeness (QED) is 0.756. The third kappa shape index (κ3) is 3.02. The van der Waals surface area contributed by atoms with Crippen molar-refractivity contribution in [3.63, 3.8) is 0 Å². The first kappa shape index (κ1) is 15.0. The monoisotopic (exact) mass is 295 g/mol. The highest BCUT2D eigenvalue weighted by Crippen LogP contribution is 2.30. The van der Waals surface area contributed by atoms with Gasteiger partial charge in [-0.3, -0.25) is 0 Å². The number of rotatable bonds is 6. The van der Waals surface area contributed by atoms with Crippen LogP contribution in [0.15, 0.2) is 10.3 Å². The zero-order chi connectivity index (χ0) is 13.1. The molecule has 0 aliphatic carbocycles. The van der Waals surface area contributed by atoms with Gasteiger partial charge >= 0.3 is 0 Å². The second-order valence-corrected chi connectivity index (χ2v) is 6.91. The molecule has 1 aromatic rings. The molecule has 0 saturated carbocycles. The Bertz CT molecular complexity index is 468. The van der Waals surface area contributed by atoms with E-state index in [0.717, 1.165) is 16.9 Å². The van der Waals surface area contributed by atoms with Gasteiger partial charge in [0, 0.05) is 18.0 Å². The molecule has 0 atom stereocenters. The van der Waals surface area contributed by atoms with E-state index < -0.39 is 10.0 Å². The summed E-state index contributed by atoms with van der Waals surface area (Å²) in [6.07, 6.45) is 0.812. The van der Waals surface area contributed by atoms with Crippen molar-refractivity contribution >= 4 is 33.0 Å². The van der Waals surface area contributed by atoms with E-state index in [0.29, 0.717) is 18.0 Å². The fraction of sp³-hybridized carbons (Fsp3) is 0.636. The van der Waals surface area contributed by atoms with Crippen LogP contribution in [0.4, 0.5) is 0 Å². The maximum atomic E-state index is 12.5. The van der Waals surface area contributed by atoms with E-state index in [1.54, 1.807) is 0 Å². The third-order valence-corrected chi connectivity index (χ3v) is 6.40.